The molecule has 1 atom stereocenters. The van der Waals surface area contributed by atoms with E-state index >= 15 is 0 Å². The van der Waals surface area contributed by atoms with Crippen molar-refractivity contribution >= 4 is 32.4 Å². The normalized spacial score (nSPS) is 15.6. The van der Waals surface area contributed by atoms with Gasteiger partial charge in [0.05, 0.1) is 23.1 Å². The molecule has 8 nitrogen and oxygen atoms in total. The standard InChI is InChI=1S/C33H41N5O3S/c1-5-6-23-41-28-15-17-29(18-16-28)42(39,40)38-21-19-37(20-22-38)25(4)32-35-31-10-8-7-9-30(31)33(36-32)34-27-13-11-26(12-14-27)24(2)3/h7-18,24-25H,5-6,19-23H2,1-4H3,(H,34,35,36)/t25-/m1/s1. The van der Waals surface area contributed by atoms with E-state index in [4.69, 9.17) is 14.7 Å². The van der Waals surface area contributed by atoms with Crippen molar-refractivity contribution in [2.24, 2.45) is 0 Å². The maximum Gasteiger partial charge on any atom is 0.243 e. The van der Waals surface area contributed by atoms with Gasteiger partial charge in [-0.25, -0.2) is 18.4 Å². The van der Waals surface area contributed by atoms with Gasteiger partial charge in [0.1, 0.15) is 17.4 Å². The number of hydrogen-bond donors (Lipinski definition) is 1. The Bertz CT molecular complexity index is 1580. The number of aromatic nitrogens is 2. The van der Waals surface area contributed by atoms with Crippen LogP contribution in [0.5, 0.6) is 5.75 Å². The van der Waals surface area contributed by atoms with E-state index in [9.17, 15) is 8.42 Å². The van der Waals surface area contributed by atoms with Crippen LogP contribution in [-0.2, 0) is 10.0 Å². The van der Waals surface area contributed by atoms with Crippen LogP contribution in [-0.4, -0.2) is 60.4 Å². The van der Waals surface area contributed by atoms with Gasteiger partial charge in [0.15, 0.2) is 0 Å². The largest absolute Gasteiger partial charge is 0.494 e. The summed E-state index contributed by atoms with van der Waals surface area (Å²) >= 11 is 0. The Kier molecular flexibility index (Phi) is 9.40. The van der Waals surface area contributed by atoms with Crippen molar-refractivity contribution in [3.63, 3.8) is 0 Å². The van der Waals surface area contributed by atoms with Crippen LogP contribution in [0.1, 0.15) is 63.9 Å². The summed E-state index contributed by atoms with van der Waals surface area (Å²) in [5.41, 5.74) is 3.14. The highest BCUT2D eigenvalue weighted by Crippen LogP contribution is 2.29. The number of sulfonamides is 1. The SMILES string of the molecule is CCCCOc1ccc(S(=O)(=O)N2CCN([C@H](C)c3nc(Nc4ccc(C(C)C)cc4)c4ccccc4n3)CC2)cc1. The Hall–Kier alpha value is -3.53. The van der Waals surface area contributed by atoms with E-state index < -0.39 is 10.0 Å². The summed E-state index contributed by atoms with van der Waals surface area (Å²) in [7, 11) is -3.59. The monoisotopic (exact) mass is 587 g/mol. The summed E-state index contributed by atoms with van der Waals surface area (Å²) in [5.74, 6) is 2.64. The first kappa shape index (κ1) is 29.9. The fourth-order valence-corrected chi connectivity index (χ4v) is 6.57. The van der Waals surface area contributed by atoms with Crippen LogP contribution in [0.15, 0.2) is 77.7 Å². The van der Waals surface area contributed by atoms with Crippen LogP contribution in [0, 0.1) is 0 Å². The van der Waals surface area contributed by atoms with Gasteiger partial charge >= 0.3 is 0 Å². The number of fused-ring (bicyclic) bond motifs is 1. The van der Waals surface area contributed by atoms with Crippen molar-refractivity contribution in [1.29, 1.82) is 0 Å². The molecule has 1 N–H and O–H groups in total. The van der Waals surface area contributed by atoms with Crippen molar-refractivity contribution in [2.45, 2.75) is 57.4 Å². The zero-order chi connectivity index (χ0) is 29.7. The van der Waals surface area contributed by atoms with Crippen molar-refractivity contribution in [3.8, 4) is 5.75 Å². The number of para-hydroxylation sites is 1. The predicted molar refractivity (Wildman–Crippen MR) is 169 cm³/mol. The number of ether oxygens (including phenoxy) is 1. The molecule has 0 spiro atoms. The lowest BCUT2D eigenvalue weighted by Gasteiger charge is -2.36. The van der Waals surface area contributed by atoms with Gasteiger partial charge in [-0.15, -0.1) is 0 Å². The Morgan fingerprint density at radius 2 is 1.57 bits per heavy atom. The van der Waals surface area contributed by atoms with Crippen molar-refractivity contribution in [2.75, 3.05) is 38.1 Å². The Morgan fingerprint density at radius 1 is 0.881 bits per heavy atom. The van der Waals surface area contributed by atoms with E-state index in [2.05, 4.69) is 62.2 Å². The maximum absolute atomic E-state index is 13.4. The summed E-state index contributed by atoms with van der Waals surface area (Å²) in [6, 6.07) is 23.1. The van der Waals surface area contributed by atoms with Gasteiger partial charge in [0, 0.05) is 37.3 Å². The summed E-state index contributed by atoms with van der Waals surface area (Å²) < 4.78 is 34.0. The van der Waals surface area contributed by atoms with Crippen molar-refractivity contribution in [3.05, 3.63) is 84.2 Å². The molecule has 0 bridgehead atoms. The van der Waals surface area contributed by atoms with E-state index in [0.717, 1.165) is 35.2 Å². The first-order valence-electron chi connectivity index (χ1n) is 14.9. The van der Waals surface area contributed by atoms with Gasteiger partial charge in [-0.2, -0.15) is 4.31 Å². The van der Waals surface area contributed by atoms with E-state index in [1.54, 1.807) is 28.6 Å². The van der Waals surface area contributed by atoms with Gasteiger partial charge in [-0.05, 0) is 73.4 Å². The summed E-state index contributed by atoms with van der Waals surface area (Å²) in [5, 5.41) is 4.47. The molecule has 1 aromatic heterocycles. The molecule has 0 amide bonds. The molecule has 222 valence electrons. The van der Waals surface area contributed by atoms with Crippen LogP contribution < -0.4 is 10.1 Å². The van der Waals surface area contributed by atoms with E-state index in [0.29, 0.717) is 55.2 Å². The topological polar surface area (TPSA) is 87.7 Å². The number of anilines is 2. The molecule has 0 unspecified atom stereocenters. The van der Waals surface area contributed by atoms with Crippen LogP contribution in [0.25, 0.3) is 10.9 Å². The minimum Gasteiger partial charge on any atom is -0.494 e. The third-order valence-electron chi connectivity index (χ3n) is 7.88. The quantitative estimate of drug-likeness (QED) is 0.194. The number of nitrogens with one attached hydrogen (secondary N) is 1. The van der Waals surface area contributed by atoms with E-state index in [-0.39, 0.29) is 6.04 Å². The van der Waals surface area contributed by atoms with E-state index in [1.165, 1.54) is 5.56 Å². The average Bonchev–Trinajstić information content (AvgIpc) is 3.01. The zero-order valence-corrected chi connectivity index (χ0v) is 25.8. The van der Waals surface area contributed by atoms with Crippen LogP contribution in [0.4, 0.5) is 11.5 Å². The molecular formula is C33H41N5O3S. The second kappa shape index (κ2) is 13.2. The molecule has 42 heavy (non-hydrogen) atoms. The predicted octanol–water partition coefficient (Wildman–Crippen LogP) is 6.74. The number of unbranched alkanes of at least 4 members (excludes halogenated alkanes) is 1. The fraction of sp³-hybridized carbons (Fsp3) is 0.394. The first-order valence-corrected chi connectivity index (χ1v) is 16.3. The lowest BCUT2D eigenvalue weighted by Crippen LogP contribution is -2.49. The molecule has 1 fully saturated rings. The number of nitrogens with zero attached hydrogens (tertiary/aromatic N) is 4. The second-order valence-corrected chi connectivity index (χ2v) is 13.1. The van der Waals surface area contributed by atoms with Gasteiger partial charge in [-0.3, -0.25) is 4.90 Å². The number of benzene rings is 3. The molecule has 0 saturated carbocycles. The molecule has 9 heteroatoms. The fourth-order valence-electron chi connectivity index (χ4n) is 5.15. The third kappa shape index (κ3) is 6.75. The summed E-state index contributed by atoms with van der Waals surface area (Å²) in [6.45, 7) is 11.2. The highest BCUT2D eigenvalue weighted by Gasteiger charge is 2.31. The number of rotatable bonds is 11. The lowest BCUT2D eigenvalue weighted by atomic mass is 10.0. The highest BCUT2D eigenvalue weighted by atomic mass is 32.2. The van der Waals surface area contributed by atoms with Crippen molar-refractivity contribution < 1.29 is 13.2 Å². The van der Waals surface area contributed by atoms with Crippen LogP contribution >= 0.6 is 0 Å². The molecule has 1 aliphatic heterocycles. The van der Waals surface area contributed by atoms with Gasteiger partial charge in [0.2, 0.25) is 10.0 Å². The smallest absolute Gasteiger partial charge is 0.243 e. The second-order valence-electron chi connectivity index (χ2n) is 11.1. The van der Waals surface area contributed by atoms with Gasteiger partial charge in [-0.1, -0.05) is 51.5 Å². The molecule has 1 saturated heterocycles. The Morgan fingerprint density at radius 3 is 2.24 bits per heavy atom. The van der Waals surface area contributed by atoms with Crippen LogP contribution in [0.2, 0.25) is 0 Å². The molecule has 2 heterocycles. The molecule has 1 aliphatic rings. The third-order valence-corrected chi connectivity index (χ3v) is 9.80. The van der Waals surface area contributed by atoms with Gasteiger partial charge < -0.3 is 10.1 Å². The maximum atomic E-state index is 13.4. The Labute approximate surface area is 249 Å². The molecule has 3 aromatic carbocycles. The van der Waals surface area contributed by atoms with Crippen molar-refractivity contribution in [1.82, 2.24) is 19.2 Å². The Balaban J connectivity index is 1.28. The molecule has 4 aromatic rings. The summed E-state index contributed by atoms with van der Waals surface area (Å²) in [6.07, 6.45) is 2.02. The minimum atomic E-state index is -3.59. The molecule has 0 aliphatic carbocycles. The molecular weight excluding hydrogens is 546 g/mol. The first-order chi connectivity index (χ1) is 20.3. The molecule has 0 radical (unpaired) electrons. The number of hydrogen-bond acceptors (Lipinski definition) is 7. The number of piperazine rings is 1. The average molecular weight is 588 g/mol. The van der Waals surface area contributed by atoms with Crippen LogP contribution in [0.3, 0.4) is 0 Å². The summed E-state index contributed by atoms with van der Waals surface area (Å²) in [4.78, 5) is 12.4. The van der Waals surface area contributed by atoms with E-state index in [1.807, 2.05) is 24.3 Å². The minimum absolute atomic E-state index is 0.0807. The zero-order valence-electron chi connectivity index (χ0n) is 25.0. The van der Waals surface area contributed by atoms with Gasteiger partial charge in [0.25, 0.3) is 0 Å². The molecule has 5 rings (SSSR count). The highest BCUT2D eigenvalue weighted by molar-refractivity contribution is 7.89. The lowest BCUT2D eigenvalue weighted by molar-refractivity contribution is 0.141.